The summed E-state index contributed by atoms with van der Waals surface area (Å²) in [5, 5.41) is 4.50. The average Bonchev–Trinajstić information content (AvgIpc) is 3.27. The molecular formula is C22H25N5O. The first-order valence-corrected chi connectivity index (χ1v) is 10.1. The lowest BCUT2D eigenvalue weighted by atomic mass is 10.2. The van der Waals surface area contributed by atoms with Crippen molar-refractivity contribution in [1.82, 2.24) is 19.8 Å². The van der Waals surface area contributed by atoms with Crippen molar-refractivity contribution in [3.8, 4) is 0 Å². The third-order valence-corrected chi connectivity index (χ3v) is 5.84. The number of nitrogens with one attached hydrogen (secondary N) is 1. The fourth-order valence-electron chi connectivity index (χ4n) is 4.42. The van der Waals surface area contributed by atoms with Crippen molar-refractivity contribution in [2.24, 2.45) is 0 Å². The van der Waals surface area contributed by atoms with E-state index in [0.29, 0.717) is 6.54 Å². The number of fused-ring (bicyclic) bond motifs is 3. The van der Waals surface area contributed by atoms with E-state index < -0.39 is 0 Å². The van der Waals surface area contributed by atoms with Gasteiger partial charge in [-0.3, -0.25) is 0 Å². The van der Waals surface area contributed by atoms with Crippen LogP contribution in [0.15, 0.2) is 54.7 Å². The number of urea groups is 1. The van der Waals surface area contributed by atoms with E-state index in [0.717, 1.165) is 44.8 Å². The number of hydrogen-bond donors (Lipinski definition) is 1. The van der Waals surface area contributed by atoms with Gasteiger partial charge in [-0.25, -0.2) is 9.78 Å². The summed E-state index contributed by atoms with van der Waals surface area (Å²) in [4.78, 5) is 21.6. The van der Waals surface area contributed by atoms with Crippen LogP contribution in [0.3, 0.4) is 0 Å². The van der Waals surface area contributed by atoms with Crippen LogP contribution in [0.5, 0.6) is 0 Å². The second kappa shape index (κ2) is 7.19. The van der Waals surface area contributed by atoms with Crippen molar-refractivity contribution in [2.75, 3.05) is 24.5 Å². The largest absolute Gasteiger partial charge is 0.354 e. The standard InChI is InChI=1S/C22H25N5O/c28-22(24-18-9-13-25(15-18)21-8-3-4-10-23-21)26-11-5-12-27-19(16-26)14-17-6-1-2-7-20(17)27/h1-4,6-8,10,14,18H,5,9,11-13,15-16H2,(H,24,28). The Morgan fingerprint density at radius 3 is 2.86 bits per heavy atom. The maximum atomic E-state index is 12.9. The Bertz CT molecular complexity index is 983. The molecule has 6 heteroatoms. The molecule has 4 heterocycles. The predicted molar refractivity (Wildman–Crippen MR) is 110 cm³/mol. The van der Waals surface area contributed by atoms with Crippen LogP contribution in [-0.2, 0) is 13.1 Å². The summed E-state index contributed by atoms with van der Waals surface area (Å²) >= 11 is 0. The Labute approximate surface area is 164 Å². The Morgan fingerprint density at radius 2 is 1.96 bits per heavy atom. The number of benzene rings is 1. The van der Waals surface area contributed by atoms with Gasteiger partial charge in [-0.1, -0.05) is 24.3 Å². The smallest absolute Gasteiger partial charge is 0.318 e. The van der Waals surface area contributed by atoms with Gasteiger partial charge >= 0.3 is 6.03 Å². The highest BCUT2D eigenvalue weighted by Crippen LogP contribution is 2.24. The van der Waals surface area contributed by atoms with Crippen LogP contribution in [0.4, 0.5) is 10.6 Å². The zero-order valence-corrected chi connectivity index (χ0v) is 15.9. The van der Waals surface area contributed by atoms with Crippen molar-refractivity contribution in [1.29, 1.82) is 0 Å². The maximum absolute atomic E-state index is 12.9. The molecule has 5 rings (SSSR count). The van der Waals surface area contributed by atoms with E-state index >= 15 is 0 Å². The first-order chi connectivity index (χ1) is 13.8. The monoisotopic (exact) mass is 375 g/mol. The lowest BCUT2D eigenvalue weighted by molar-refractivity contribution is 0.192. The number of carbonyl (C=O) groups is 1. The Balaban J connectivity index is 1.26. The molecule has 0 radical (unpaired) electrons. The molecule has 0 saturated carbocycles. The first kappa shape index (κ1) is 17.1. The van der Waals surface area contributed by atoms with E-state index in [4.69, 9.17) is 0 Å². The number of anilines is 1. The topological polar surface area (TPSA) is 53.4 Å². The van der Waals surface area contributed by atoms with Crippen LogP contribution in [0.2, 0.25) is 0 Å². The lowest BCUT2D eigenvalue weighted by Gasteiger charge is -2.23. The van der Waals surface area contributed by atoms with Crippen LogP contribution in [0.1, 0.15) is 18.5 Å². The van der Waals surface area contributed by atoms with Gasteiger partial charge < -0.3 is 19.7 Å². The number of para-hydroxylation sites is 1. The normalized spacial score (nSPS) is 19.5. The number of amides is 2. The minimum Gasteiger partial charge on any atom is -0.354 e. The third kappa shape index (κ3) is 3.19. The predicted octanol–water partition coefficient (Wildman–Crippen LogP) is 3.23. The summed E-state index contributed by atoms with van der Waals surface area (Å²) in [5.74, 6) is 0.985. The third-order valence-electron chi connectivity index (χ3n) is 5.84. The minimum atomic E-state index is 0.0478. The zero-order valence-electron chi connectivity index (χ0n) is 15.9. The molecule has 1 atom stereocenters. The molecular weight excluding hydrogens is 350 g/mol. The SMILES string of the molecule is O=C(NC1CCN(c2ccccn2)C1)N1CCCn2c(cc3ccccc32)C1. The highest BCUT2D eigenvalue weighted by Gasteiger charge is 2.27. The molecule has 0 aliphatic carbocycles. The van der Waals surface area contributed by atoms with Crippen LogP contribution >= 0.6 is 0 Å². The average molecular weight is 375 g/mol. The molecule has 0 bridgehead atoms. The number of rotatable bonds is 2. The van der Waals surface area contributed by atoms with Gasteiger partial charge in [0.1, 0.15) is 5.82 Å². The van der Waals surface area contributed by atoms with Gasteiger partial charge in [0, 0.05) is 49.6 Å². The van der Waals surface area contributed by atoms with E-state index in [2.05, 4.69) is 50.1 Å². The van der Waals surface area contributed by atoms with Crippen molar-refractivity contribution in [2.45, 2.75) is 32.0 Å². The summed E-state index contributed by atoms with van der Waals surface area (Å²) in [7, 11) is 0. The van der Waals surface area contributed by atoms with Crippen LogP contribution in [0, 0.1) is 0 Å². The molecule has 6 nitrogen and oxygen atoms in total. The molecule has 1 unspecified atom stereocenters. The molecule has 2 aliphatic heterocycles. The maximum Gasteiger partial charge on any atom is 0.318 e. The van der Waals surface area contributed by atoms with E-state index in [-0.39, 0.29) is 12.1 Å². The second-order valence-corrected chi connectivity index (χ2v) is 7.69. The first-order valence-electron chi connectivity index (χ1n) is 10.1. The molecule has 2 aliphatic rings. The fraction of sp³-hybridized carbons (Fsp3) is 0.364. The van der Waals surface area contributed by atoms with Crippen LogP contribution in [-0.4, -0.2) is 46.2 Å². The zero-order chi connectivity index (χ0) is 18.9. The highest BCUT2D eigenvalue weighted by molar-refractivity contribution is 5.82. The van der Waals surface area contributed by atoms with Crippen LogP contribution < -0.4 is 10.2 Å². The van der Waals surface area contributed by atoms with E-state index in [1.165, 1.54) is 16.6 Å². The van der Waals surface area contributed by atoms with Crippen molar-refractivity contribution >= 4 is 22.8 Å². The van der Waals surface area contributed by atoms with Gasteiger partial charge in [-0.05, 0) is 42.5 Å². The van der Waals surface area contributed by atoms with Gasteiger partial charge in [-0.15, -0.1) is 0 Å². The summed E-state index contributed by atoms with van der Waals surface area (Å²) < 4.78 is 2.36. The molecule has 1 saturated heterocycles. The quantitative estimate of drug-likeness (QED) is 0.748. The summed E-state index contributed by atoms with van der Waals surface area (Å²) in [5.41, 5.74) is 2.48. The number of pyridine rings is 1. The molecule has 1 aromatic carbocycles. The molecule has 3 aromatic rings. The molecule has 1 fully saturated rings. The lowest BCUT2D eigenvalue weighted by Crippen LogP contribution is -2.45. The van der Waals surface area contributed by atoms with Crippen molar-refractivity contribution in [3.63, 3.8) is 0 Å². The van der Waals surface area contributed by atoms with E-state index in [1.54, 1.807) is 0 Å². The number of aromatic nitrogens is 2. The minimum absolute atomic E-state index is 0.0478. The molecule has 1 N–H and O–H groups in total. The molecule has 2 amide bonds. The number of nitrogens with zero attached hydrogens (tertiary/aromatic N) is 4. The summed E-state index contributed by atoms with van der Waals surface area (Å²) in [6, 6.07) is 16.9. The molecule has 0 spiro atoms. The highest BCUT2D eigenvalue weighted by atomic mass is 16.2. The second-order valence-electron chi connectivity index (χ2n) is 7.69. The Morgan fingerprint density at radius 1 is 1.07 bits per heavy atom. The van der Waals surface area contributed by atoms with Crippen molar-refractivity contribution in [3.05, 3.63) is 60.4 Å². The summed E-state index contributed by atoms with van der Waals surface area (Å²) in [6.07, 6.45) is 3.75. The van der Waals surface area contributed by atoms with Gasteiger partial charge in [-0.2, -0.15) is 0 Å². The van der Waals surface area contributed by atoms with E-state index in [1.807, 2.05) is 29.3 Å². The van der Waals surface area contributed by atoms with Crippen LogP contribution in [0.25, 0.3) is 10.9 Å². The number of hydrogen-bond acceptors (Lipinski definition) is 3. The molecule has 144 valence electrons. The van der Waals surface area contributed by atoms with Crippen molar-refractivity contribution < 1.29 is 4.79 Å². The van der Waals surface area contributed by atoms with Gasteiger partial charge in [0.25, 0.3) is 0 Å². The van der Waals surface area contributed by atoms with E-state index in [9.17, 15) is 4.79 Å². The molecule has 2 aromatic heterocycles. The fourth-order valence-corrected chi connectivity index (χ4v) is 4.42. The van der Waals surface area contributed by atoms with Gasteiger partial charge in [0.2, 0.25) is 0 Å². The van der Waals surface area contributed by atoms with Gasteiger partial charge in [0.05, 0.1) is 6.54 Å². The van der Waals surface area contributed by atoms with Gasteiger partial charge in [0.15, 0.2) is 0 Å². The summed E-state index contributed by atoms with van der Waals surface area (Å²) in [6.45, 7) is 4.16. The Hall–Kier alpha value is -3.02. The number of carbonyl (C=O) groups excluding carboxylic acids is 1. The number of aryl methyl sites for hydroxylation is 1. The molecule has 28 heavy (non-hydrogen) atoms. The Kier molecular flexibility index (Phi) is 4.39.